The highest BCUT2D eigenvalue weighted by molar-refractivity contribution is 5.92. The Bertz CT molecular complexity index is 897. The molecule has 20 heavy (non-hydrogen) atoms. The van der Waals surface area contributed by atoms with Crippen LogP contribution in [0.15, 0.2) is 54.6 Å². The van der Waals surface area contributed by atoms with Crippen LogP contribution in [0.5, 0.6) is 0 Å². The Hall–Kier alpha value is -2.81. The van der Waals surface area contributed by atoms with E-state index in [4.69, 9.17) is 0 Å². The van der Waals surface area contributed by atoms with Crippen molar-refractivity contribution < 1.29 is 4.79 Å². The summed E-state index contributed by atoms with van der Waals surface area (Å²) in [5.74, 6) is 0. The summed E-state index contributed by atoms with van der Waals surface area (Å²) >= 11 is 0. The number of H-pyrrole nitrogens is 2. The maximum Gasteiger partial charge on any atom is 0.166 e. The number of rotatable bonds is 2. The van der Waals surface area contributed by atoms with Crippen molar-refractivity contribution in [2.75, 3.05) is 0 Å². The predicted octanol–water partition coefficient (Wildman–Crippen LogP) is 4.13. The molecule has 0 aliphatic heterocycles. The Morgan fingerprint density at radius 2 is 1.65 bits per heavy atom. The molecular weight excluding hydrogens is 248 g/mol. The smallest absolute Gasteiger partial charge is 0.166 e. The predicted molar refractivity (Wildman–Crippen MR) is 81.0 cm³/mol. The number of carbonyl (C=O) groups is 1. The average Bonchev–Trinajstić information content (AvgIpc) is 3.09. The van der Waals surface area contributed by atoms with Crippen LogP contribution in [0.1, 0.15) is 10.5 Å². The van der Waals surface area contributed by atoms with Crippen molar-refractivity contribution in [2.45, 2.75) is 0 Å². The van der Waals surface area contributed by atoms with Gasteiger partial charge >= 0.3 is 0 Å². The van der Waals surface area contributed by atoms with E-state index in [0.717, 1.165) is 34.0 Å². The van der Waals surface area contributed by atoms with Crippen LogP contribution in [0.2, 0.25) is 0 Å². The highest BCUT2D eigenvalue weighted by Crippen LogP contribution is 2.27. The molecule has 0 aliphatic rings. The second-order valence-corrected chi connectivity index (χ2v) is 4.91. The lowest BCUT2D eigenvalue weighted by molar-refractivity contribution is 0.112. The van der Waals surface area contributed by atoms with Gasteiger partial charge in [0.1, 0.15) is 0 Å². The van der Waals surface area contributed by atoms with Gasteiger partial charge in [-0.2, -0.15) is 0 Å². The summed E-state index contributed by atoms with van der Waals surface area (Å²) in [6.07, 6.45) is 0.836. The number of para-hydroxylation sites is 1. The average molecular weight is 260 g/mol. The van der Waals surface area contributed by atoms with Gasteiger partial charge in [0, 0.05) is 33.1 Å². The van der Waals surface area contributed by atoms with E-state index in [2.05, 4.69) is 40.3 Å². The molecule has 0 radical (unpaired) electrons. The molecule has 0 spiro atoms. The lowest BCUT2D eigenvalue weighted by Crippen LogP contribution is -1.78. The summed E-state index contributed by atoms with van der Waals surface area (Å²) in [5, 5.41) is 2.25. The van der Waals surface area contributed by atoms with Crippen LogP contribution in [-0.2, 0) is 0 Å². The molecule has 4 aromatic rings. The first-order valence-corrected chi connectivity index (χ1v) is 6.49. The molecule has 4 rings (SSSR count). The Morgan fingerprint density at radius 1 is 0.800 bits per heavy atom. The highest BCUT2D eigenvalue weighted by atomic mass is 16.1. The third-order valence-corrected chi connectivity index (χ3v) is 3.61. The van der Waals surface area contributed by atoms with Crippen LogP contribution in [0, 0.1) is 0 Å². The Kier molecular flexibility index (Phi) is 2.27. The number of carbonyl (C=O) groups excluding carboxylic acids is 1. The summed E-state index contributed by atoms with van der Waals surface area (Å²) in [4.78, 5) is 17.3. The molecule has 0 amide bonds. The first-order valence-electron chi connectivity index (χ1n) is 6.49. The maximum atomic E-state index is 10.8. The molecule has 0 aliphatic carbocycles. The van der Waals surface area contributed by atoms with E-state index in [0.29, 0.717) is 5.69 Å². The third kappa shape index (κ3) is 1.64. The van der Waals surface area contributed by atoms with E-state index in [9.17, 15) is 4.79 Å². The summed E-state index contributed by atoms with van der Waals surface area (Å²) in [6.45, 7) is 0. The van der Waals surface area contributed by atoms with Gasteiger partial charge in [-0.3, -0.25) is 4.79 Å². The van der Waals surface area contributed by atoms with Gasteiger partial charge in [0.15, 0.2) is 6.29 Å². The molecular formula is C17H12N2O. The number of aromatic nitrogens is 2. The first kappa shape index (κ1) is 11.1. The van der Waals surface area contributed by atoms with Gasteiger partial charge in [-0.1, -0.05) is 30.3 Å². The number of benzene rings is 2. The van der Waals surface area contributed by atoms with E-state index in [-0.39, 0.29) is 0 Å². The zero-order chi connectivity index (χ0) is 13.5. The SMILES string of the molecule is O=Cc1cc2ccc(-c3cc4ccccc4[nH]3)cc2[nH]1. The highest BCUT2D eigenvalue weighted by Gasteiger charge is 2.05. The Morgan fingerprint density at radius 3 is 2.50 bits per heavy atom. The molecule has 0 unspecified atom stereocenters. The molecule has 0 fully saturated rings. The molecule has 0 bridgehead atoms. The summed E-state index contributed by atoms with van der Waals surface area (Å²) in [6, 6.07) is 18.4. The summed E-state index contributed by atoms with van der Waals surface area (Å²) < 4.78 is 0. The van der Waals surface area contributed by atoms with E-state index in [1.807, 2.05) is 24.3 Å². The van der Waals surface area contributed by atoms with Crippen molar-refractivity contribution >= 4 is 28.1 Å². The van der Waals surface area contributed by atoms with E-state index in [1.165, 1.54) is 5.39 Å². The molecule has 2 N–H and O–H groups in total. The molecule has 2 aromatic carbocycles. The van der Waals surface area contributed by atoms with E-state index >= 15 is 0 Å². The fourth-order valence-corrected chi connectivity index (χ4v) is 2.61. The fourth-order valence-electron chi connectivity index (χ4n) is 2.61. The van der Waals surface area contributed by atoms with Crippen molar-refractivity contribution in [3.63, 3.8) is 0 Å². The zero-order valence-electron chi connectivity index (χ0n) is 10.7. The molecule has 2 aromatic heterocycles. The first-order chi connectivity index (χ1) is 9.83. The van der Waals surface area contributed by atoms with Crippen LogP contribution in [0.25, 0.3) is 33.1 Å². The minimum atomic E-state index is 0.605. The molecule has 0 atom stereocenters. The van der Waals surface area contributed by atoms with Gasteiger partial charge in [-0.15, -0.1) is 0 Å². The lowest BCUT2D eigenvalue weighted by Gasteiger charge is -1.98. The van der Waals surface area contributed by atoms with Crippen LogP contribution < -0.4 is 0 Å². The van der Waals surface area contributed by atoms with Crippen molar-refractivity contribution in [1.29, 1.82) is 0 Å². The zero-order valence-corrected chi connectivity index (χ0v) is 10.7. The minimum absolute atomic E-state index is 0.605. The third-order valence-electron chi connectivity index (χ3n) is 3.61. The molecule has 2 heterocycles. The lowest BCUT2D eigenvalue weighted by atomic mass is 10.1. The van der Waals surface area contributed by atoms with Gasteiger partial charge in [0.2, 0.25) is 0 Å². The summed E-state index contributed by atoms with van der Waals surface area (Å²) in [7, 11) is 0. The number of hydrogen-bond donors (Lipinski definition) is 2. The largest absolute Gasteiger partial charge is 0.355 e. The van der Waals surface area contributed by atoms with Crippen molar-refractivity contribution in [3.05, 3.63) is 60.3 Å². The number of nitrogens with one attached hydrogen (secondary N) is 2. The standard InChI is InChI=1S/C17H12N2O/c20-10-14-7-12-5-6-13(9-16(12)18-14)17-8-11-3-1-2-4-15(11)19-17/h1-10,18-19H. The molecule has 0 saturated carbocycles. The van der Waals surface area contributed by atoms with E-state index < -0.39 is 0 Å². The quantitative estimate of drug-likeness (QED) is 0.523. The summed E-state index contributed by atoms with van der Waals surface area (Å²) in [5.41, 5.74) is 4.89. The number of hydrogen-bond acceptors (Lipinski definition) is 1. The molecule has 3 nitrogen and oxygen atoms in total. The van der Waals surface area contributed by atoms with Crippen molar-refractivity contribution in [3.8, 4) is 11.3 Å². The van der Waals surface area contributed by atoms with Gasteiger partial charge in [-0.05, 0) is 24.3 Å². The second kappa shape index (κ2) is 4.10. The number of fused-ring (bicyclic) bond motifs is 2. The second-order valence-electron chi connectivity index (χ2n) is 4.91. The van der Waals surface area contributed by atoms with Gasteiger partial charge in [-0.25, -0.2) is 0 Å². The maximum absolute atomic E-state index is 10.8. The topological polar surface area (TPSA) is 48.6 Å². The van der Waals surface area contributed by atoms with Crippen LogP contribution >= 0.6 is 0 Å². The van der Waals surface area contributed by atoms with Gasteiger partial charge in [0.25, 0.3) is 0 Å². The van der Waals surface area contributed by atoms with Crippen LogP contribution in [0.3, 0.4) is 0 Å². The van der Waals surface area contributed by atoms with Gasteiger partial charge in [0.05, 0.1) is 5.69 Å². The Labute approximate surface area is 115 Å². The molecule has 0 saturated heterocycles. The van der Waals surface area contributed by atoms with Gasteiger partial charge < -0.3 is 9.97 Å². The number of aromatic amines is 2. The normalized spacial score (nSPS) is 11.2. The monoisotopic (exact) mass is 260 g/mol. The molecule has 3 heteroatoms. The fraction of sp³-hybridized carbons (Fsp3) is 0. The Balaban J connectivity index is 1.90. The van der Waals surface area contributed by atoms with Crippen molar-refractivity contribution in [1.82, 2.24) is 9.97 Å². The van der Waals surface area contributed by atoms with E-state index in [1.54, 1.807) is 0 Å². The minimum Gasteiger partial charge on any atom is -0.355 e. The molecule has 96 valence electrons. The van der Waals surface area contributed by atoms with Crippen LogP contribution in [-0.4, -0.2) is 16.3 Å². The van der Waals surface area contributed by atoms with Crippen molar-refractivity contribution in [2.24, 2.45) is 0 Å². The van der Waals surface area contributed by atoms with Crippen LogP contribution in [0.4, 0.5) is 0 Å². The number of aldehydes is 1.